The number of nitriles is 2. The zero-order valence-corrected chi connectivity index (χ0v) is 41.7. The topological polar surface area (TPSA) is 177 Å². The Bertz CT molecular complexity index is 3190. The fourth-order valence-electron chi connectivity index (χ4n) is 7.25. The fourth-order valence-corrected chi connectivity index (χ4v) is 8.83. The third-order valence-corrected chi connectivity index (χ3v) is 12.9. The molecule has 2 atom stereocenters. The number of hydrogen-bond acceptors (Lipinski definition) is 12. The first-order valence-electron chi connectivity index (χ1n) is 21.5. The molecular formula is C50H38BBrF8N8O4S2. The molecule has 0 saturated carbocycles. The molecular weight excluding hydrogens is 1080 g/mol. The first-order valence-corrected chi connectivity index (χ1v) is 24.8. The van der Waals surface area contributed by atoms with E-state index in [1.165, 1.54) is 96.3 Å². The number of hydrazone groups is 2. The fraction of sp³-hybridized carbons (Fsp3) is 0.160. The number of nitrogens with one attached hydrogen (secondary N) is 2. The second-order valence-electron chi connectivity index (χ2n) is 15.7. The van der Waals surface area contributed by atoms with Crippen molar-refractivity contribution in [1.29, 1.82) is 10.5 Å². The number of benzene rings is 6. The van der Waals surface area contributed by atoms with Gasteiger partial charge in [0, 0.05) is 27.1 Å². The molecule has 2 aliphatic rings. The van der Waals surface area contributed by atoms with E-state index in [0.717, 1.165) is 31.4 Å². The van der Waals surface area contributed by atoms with Crippen LogP contribution in [0.15, 0.2) is 158 Å². The van der Waals surface area contributed by atoms with E-state index < -0.39 is 79.3 Å². The number of nitrogens with zero attached hydrogens (tertiary/aromatic N) is 6. The Hall–Kier alpha value is -7.22. The van der Waals surface area contributed by atoms with E-state index in [9.17, 15) is 44.7 Å². The van der Waals surface area contributed by atoms with E-state index in [2.05, 4.69) is 36.8 Å². The molecule has 2 unspecified atom stereocenters. The molecule has 0 saturated heterocycles. The monoisotopic (exact) mass is 1120 g/mol. The average molecular weight is 1120 g/mol. The predicted molar refractivity (Wildman–Crippen MR) is 274 cm³/mol. The molecule has 2 aliphatic heterocycles. The average Bonchev–Trinajstić information content (AvgIpc) is 4.06. The van der Waals surface area contributed by atoms with E-state index >= 15 is 0 Å². The third kappa shape index (κ3) is 14.1. The quantitative estimate of drug-likeness (QED) is 0.0586. The van der Waals surface area contributed by atoms with Gasteiger partial charge in [0.05, 0.1) is 46.0 Å². The van der Waals surface area contributed by atoms with Gasteiger partial charge in [0.2, 0.25) is 11.8 Å². The number of thioether (sulfide) groups is 2. The SMILES string of the molecule is CSc1ccccc1-c1ccc(NC(=O)C2CC(C(F)(F)F)=NN2c2cccc(C#N)c2)c(F)c1.CSc1ccccc1B(O)O.N#Cc1cccc(N2N=C(C(F)(F)F)CC2C(=O)Nc2ccc(Br)cc2F)c1. The predicted octanol–water partition coefficient (Wildman–Crippen LogP) is 10.9. The van der Waals surface area contributed by atoms with Crippen molar-refractivity contribution < 1.29 is 54.8 Å². The zero-order valence-electron chi connectivity index (χ0n) is 38.5. The van der Waals surface area contributed by atoms with Gasteiger partial charge in [-0.2, -0.15) is 47.1 Å². The van der Waals surface area contributed by atoms with Crippen LogP contribution in [-0.2, 0) is 9.59 Å². The van der Waals surface area contributed by atoms with Crippen LogP contribution in [0.4, 0.5) is 57.9 Å². The van der Waals surface area contributed by atoms with Crippen molar-refractivity contribution in [3.8, 4) is 23.3 Å². The summed E-state index contributed by atoms with van der Waals surface area (Å²) >= 11 is 6.09. The number of halogens is 9. The minimum atomic E-state index is -4.74. The normalized spacial score (nSPS) is 15.0. The number of amides is 2. The van der Waals surface area contributed by atoms with Gasteiger partial charge in [0.1, 0.15) is 35.1 Å². The molecule has 0 fully saturated rings. The lowest BCUT2D eigenvalue weighted by molar-refractivity contribution is -0.118. The van der Waals surface area contributed by atoms with Gasteiger partial charge in [0.15, 0.2) is 0 Å². The van der Waals surface area contributed by atoms with Crippen LogP contribution in [0.1, 0.15) is 24.0 Å². The summed E-state index contributed by atoms with van der Waals surface area (Å²) in [5.41, 5.74) is 0.0865. The number of carbonyl (C=O) groups is 2. The minimum absolute atomic E-state index is 0.146. The number of alkyl halides is 6. The summed E-state index contributed by atoms with van der Waals surface area (Å²) in [7, 11) is -1.36. The molecule has 380 valence electrons. The molecule has 2 heterocycles. The highest BCUT2D eigenvalue weighted by atomic mass is 79.9. The zero-order chi connectivity index (χ0) is 53.9. The molecule has 8 rings (SSSR count). The molecule has 74 heavy (non-hydrogen) atoms. The van der Waals surface area contributed by atoms with Gasteiger partial charge in [-0.05, 0) is 108 Å². The maximum Gasteiger partial charge on any atom is 0.489 e. The van der Waals surface area contributed by atoms with Crippen LogP contribution in [0.5, 0.6) is 0 Å². The van der Waals surface area contributed by atoms with Gasteiger partial charge in [-0.3, -0.25) is 19.6 Å². The molecule has 2 amide bonds. The largest absolute Gasteiger partial charge is 0.489 e. The molecule has 0 spiro atoms. The van der Waals surface area contributed by atoms with E-state index in [4.69, 9.17) is 20.6 Å². The van der Waals surface area contributed by atoms with Gasteiger partial charge >= 0.3 is 19.5 Å². The van der Waals surface area contributed by atoms with Crippen LogP contribution in [0.3, 0.4) is 0 Å². The number of anilines is 4. The lowest BCUT2D eigenvalue weighted by Gasteiger charge is -2.23. The summed E-state index contributed by atoms with van der Waals surface area (Å²) in [5, 5.41) is 49.5. The molecule has 0 aromatic heterocycles. The molecule has 24 heteroatoms. The second-order valence-corrected chi connectivity index (χ2v) is 18.3. The highest BCUT2D eigenvalue weighted by Gasteiger charge is 2.47. The van der Waals surface area contributed by atoms with Crippen molar-refractivity contribution in [2.24, 2.45) is 10.2 Å². The molecule has 0 bridgehead atoms. The highest BCUT2D eigenvalue weighted by molar-refractivity contribution is 9.10. The van der Waals surface area contributed by atoms with Gasteiger partial charge < -0.3 is 20.7 Å². The van der Waals surface area contributed by atoms with Crippen LogP contribution in [0.2, 0.25) is 0 Å². The summed E-state index contributed by atoms with van der Waals surface area (Å²) in [6.45, 7) is 0. The van der Waals surface area contributed by atoms with Crippen molar-refractivity contribution in [2.75, 3.05) is 33.2 Å². The Morgan fingerprint density at radius 1 is 0.649 bits per heavy atom. The lowest BCUT2D eigenvalue weighted by atomic mass is 9.80. The van der Waals surface area contributed by atoms with Gasteiger partial charge in [-0.25, -0.2) is 8.78 Å². The molecule has 6 aromatic carbocycles. The first-order chi connectivity index (χ1) is 35.1. The van der Waals surface area contributed by atoms with Gasteiger partial charge in [-0.1, -0.05) is 70.5 Å². The summed E-state index contributed by atoms with van der Waals surface area (Å²) < 4.78 is 109. The smallest absolute Gasteiger partial charge is 0.423 e. The van der Waals surface area contributed by atoms with Crippen LogP contribution >= 0.6 is 39.5 Å². The summed E-state index contributed by atoms with van der Waals surface area (Å²) in [6, 6.07) is 35.3. The van der Waals surface area contributed by atoms with Gasteiger partial charge in [0.25, 0.3) is 0 Å². The van der Waals surface area contributed by atoms with Crippen LogP contribution in [-0.4, -0.2) is 77.4 Å². The maximum absolute atomic E-state index is 14.9. The molecule has 4 N–H and O–H groups in total. The minimum Gasteiger partial charge on any atom is -0.423 e. The van der Waals surface area contributed by atoms with E-state index in [0.29, 0.717) is 15.5 Å². The van der Waals surface area contributed by atoms with Crippen LogP contribution in [0.25, 0.3) is 11.1 Å². The first kappa shape index (κ1) is 56.1. The van der Waals surface area contributed by atoms with E-state index in [1.54, 1.807) is 18.2 Å². The number of hydrogen-bond donors (Lipinski definition) is 4. The standard InChI is InChI=1S/C25H18F4N4OS.C18H11BrF4N4O.C7H9BO2S/c1-35-22-8-3-2-7-18(22)16-9-10-20(19(26)12-16)31-24(34)21-13-23(25(27,28)29)32-33(21)17-6-4-5-15(11-17)14-30;19-11-4-5-14(13(20)7-11)25-17(28)15-8-16(18(21,22)23)26-27(15)12-3-1-2-10(6-12)9-24;1-11-7-5-3-2-4-6(7)8(9)10/h2-12,21H,13H2,1H3,(H,31,34);1-7,15H,8H2,(H,25,28);2-5,9-10H,1H3. The van der Waals surface area contributed by atoms with Crippen LogP contribution in [0, 0.1) is 34.3 Å². The molecule has 12 nitrogen and oxygen atoms in total. The van der Waals surface area contributed by atoms with E-state index in [-0.39, 0.29) is 33.9 Å². The van der Waals surface area contributed by atoms with Crippen LogP contribution < -0.4 is 26.1 Å². The Morgan fingerprint density at radius 2 is 1.11 bits per heavy atom. The van der Waals surface area contributed by atoms with Crippen molar-refractivity contribution in [3.63, 3.8) is 0 Å². The Balaban J connectivity index is 0.000000203. The van der Waals surface area contributed by atoms with Gasteiger partial charge in [-0.15, -0.1) is 23.5 Å². The van der Waals surface area contributed by atoms with Crippen molar-refractivity contribution in [1.82, 2.24) is 0 Å². The Labute approximate surface area is 435 Å². The Morgan fingerprint density at radius 3 is 1.54 bits per heavy atom. The van der Waals surface area contributed by atoms with Crippen molar-refractivity contribution in [3.05, 3.63) is 161 Å². The lowest BCUT2D eigenvalue weighted by Crippen LogP contribution is -2.39. The second kappa shape index (κ2) is 24.7. The molecule has 6 aromatic rings. The summed E-state index contributed by atoms with van der Waals surface area (Å²) in [5.74, 6) is -3.17. The highest BCUT2D eigenvalue weighted by Crippen LogP contribution is 2.36. The van der Waals surface area contributed by atoms with E-state index in [1.807, 2.05) is 61.0 Å². The third-order valence-electron chi connectivity index (χ3n) is 10.8. The number of rotatable bonds is 10. The maximum atomic E-state index is 14.9. The summed E-state index contributed by atoms with van der Waals surface area (Å²) in [6.07, 6.45) is -7.07. The van der Waals surface area contributed by atoms with Crippen molar-refractivity contribution in [2.45, 2.75) is 47.1 Å². The molecule has 0 aliphatic carbocycles. The van der Waals surface area contributed by atoms with Crippen molar-refractivity contribution >= 4 is 98.0 Å². The molecule has 0 radical (unpaired) electrons. The Kier molecular flexibility index (Phi) is 18.7. The summed E-state index contributed by atoms with van der Waals surface area (Å²) in [4.78, 5) is 27.5. The number of carbonyl (C=O) groups excluding carboxylic acids is 2.